The number of likely N-dealkylation sites (tertiary alicyclic amines) is 1. The fraction of sp³-hybridized carbons (Fsp3) is 0.438. The van der Waals surface area contributed by atoms with Crippen molar-refractivity contribution in [2.45, 2.75) is 32.0 Å². The average molecular weight is 299 g/mol. The van der Waals surface area contributed by atoms with E-state index in [1.807, 2.05) is 12.3 Å². The molecule has 0 aromatic carbocycles. The van der Waals surface area contributed by atoms with Gasteiger partial charge in [-0.3, -0.25) is 14.7 Å². The van der Waals surface area contributed by atoms with Crippen molar-refractivity contribution in [3.05, 3.63) is 48.8 Å². The summed E-state index contributed by atoms with van der Waals surface area (Å²) >= 11 is 0. The summed E-state index contributed by atoms with van der Waals surface area (Å²) in [6.45, 7) is 3.19. The molecule has 0 saturated carbocycles. The highest BCUT2D eigenvalue weighted by Crippen LogP contribution is 2.13. The van der Waals surface area contributed by atoms with E-state index in [1.165, 1.54) is 5.56 Å². The van der Waals surface area contributed by atoms with Gasteiger partial charge in [0.2, 0.25) is 5.91 Å². The van der Waals surface area contributed by atoms with Gasteiger partial charge in [0.15, 0.2) is 0 Å². The molecular formula is C16H21N5O. The Kier molecular flexibility index (Phi) is 4.80. The average Bonchev–Trinajstić information content (AvgIpc) is 3.01. The van der Waals surface area contributed by atoms with Crippen LogP contribution < -0.4 is 5.32 Å². The highest BCUT2D eigenvalue weighted by Gasteiger charge is 2.21. The molecule has 1 N–H and O–H groups in total. The van der Waals surface area contributed by atoms with Gasteiger partial charge in [-0.05, 0) is 31.0 Å². The Labute approximate surface area is 130 Å². The van der Waals surface area contributed by atoms with E-state index in [1.54, 1.807) is 29.5 Å². The number of hydrogen-bond donors (Lipinski definition) is 1. The first-order chi connectivity index (χ1) is 10.8. The lowest BCUT2D eigenvalue weighted by Gasteiger charge is -2.33. The van der Waals surface area contributed by atoms with Crippen LogP contribution in [-0.2, 0) is 17.9 Å². The number of hydrogen-bond acceptors (Lipinski definition) is 4. The van der Waals surface area contributed by atoms with Gasteiger partial charge in [-0.15, -0.1) is 0 Å². The minimum absolute atomic E-state index is 0.0474. The monoisotopic (exact) mass is 299 g/mol. The summed E-state index contributed by atoms with van der Waals surface area (Å²) in [4.78, 5) is 22.5. The smallest absolute Gasteiger partial charge is 0.240 e. The van der Waals surface area contributed by atoms with Crippen molar-refractivity contribution < 1.29 is 4.79 Å². The van der Waals surface area contributed by atoms with Crippen molar-refractivity contribution >= 4 is 5.91 Å². The molecule has 3 rings (SSSR count). The van der Waals surface area contributed by atoms with Gasteiger partial charge in [0.1, 0.15) is 6.54 Å². The minimum Gasteiger partial charge on any atom is -0.351 e. The second kappa shape index (κ2) is 7.17. The first-order valence-corrected chi connectivity index (χ1v) is 7.66. The molecule has 1 fully saturated rings. The second-order valence-corrected chi connectivity index (χ2v) is 5.74. The van der Waals surface area contributed by atoms with E-state index in [4.69, 9.17) is 0 Å². The summed E-state index contributed by atoms with van der Waals surface area (Å²) in [5.41, 5.74) is 1.22. The Morgan fingerprint density at radius 3 is 3.09 bits per heavy atom. The molecule has 6 heteroatoms. The molecule has 0 spiro atoms. The molecule has 3 heterocycles. The number of nitrogens with one attached hydrogen (secondary N) is 1. The Morgan fingerprint density at radius 2 is 2.32 bits per heavy atom. The summed E-state index contributed by atoms with van der Waals surface area (Å²) in [6.07, 6.45) is 11.0. The number of piperidine rings is 1. The summed E-state index contributed by atoms with van der Waals surface area (Å²) in [7, 11) is 0. The molecule has 1 atom stereocenters. The third kappa shape index (κ3) is 4.14. The fourth-order valence-corrected chi connectivity index (χ4v) is 2.89. The maximum Gasteiger partial charge on any atom is 0.240 e. The standard InChI is InChI=1S/C16H21N5O/c22-16(12-21-8-6-18-13-21)19-15-4-2-7-20(11-15)10-14-3-1-5-17-9-14/h1,3,5-6,8-9,13,15H,2,4,7,10-12H2,(H,19,22)/t15-/m1/s1. The third-order valence-corrected chi connectivity index (χ3v) is 3.88. The lowest BCUT2D eigenvalue weighted by Crippen LogP contribution is -2.48. The predicted octanol–water partition coefficient (Wildman–Crippen LogP) is 1.06. The van der Waals surface area contributed by atoms with Gasteiger partial charge in [-0.1, -0.05) is 6.07 Å². The summed E-state index contributed by atoms with van der Waals surface area (Å²) in [5.74, 6) is 0.0474. The zero-order valence-corrected chi connectivity index (χ0v) is 12.6. The Hall–Kier alpha value is -2.21. The van der Waals surface area contributed by atoms with Gasteiger partial charge in [-0.2, -0.15) is 0 Å². The van der Waals surface area contributed by atoms with Crippen LogP contribution in [0, 0.1) is 0 Å². The molecule has 0 bridgehead atoms. The summed E-state index contributed by atoms with van der Waals surface area (Å²) < 4.78 is 1.78. The first-order valence-electron chi connectivity index (χ1n) is 7.66. The Morgan fingerprint density at radius 1 is 1.36 bits per heavy atom. The number of amides is 1. The normalized spacial score (nSPS) is 19.0. The fourth-order valence-electron chi connectivity index (χ4n) is 2.89. The molecule has 1 saturated heterocycles. The van der Waals surface area contributed by atoms with Crippen LogP contribution in [0.5, 0.6) is 0 Å². The quantitative estimate of drug-likeness (QED) is 0.896. The summed E-state index contributed by atoms with van der Waals surface area (Å²) in [5, 5.41) is 3.13. The molecule has 0 aliphatic carbocycles. The van der Waals surface area contributed by atoms with Gasteiger partial charge in [0.05, 0.1) is 6.33 Å². The Bertz CT molecular complexity index is 584. The minimum atomic E-state index is 0.0474. The molecule has 0 unspecified atom stereocenters. The highest BCUT2D eigenvalue weighted by atomic mass is 16.2. The molecule has 2 aromatic heterocycles. The zero-order chi connectivity index (χ0) is 15.2. The molecular weight excluding hydrogens is 278 g/mol. The Balaban J connectivity index is 1.49. The van der Waals surface area contributed by atoms with Crippen LogP contribution in [0.3, 0.4) is 0 Å². The molecule has 22 heavy (non-hydrogen) atoms. The molecule has 0 radical (unpaired) electrons. The van der Waals surface area contributed by atoms with Crippen molar-refractivity contribution in [1.29, 1.82) is 0 Å². The third-order valence-electron chi connectivity index (χ3n) is 3.88. The van der Waals surface area contributed by atoms with Gasteiger partial charge in [0, 0.05) is 43.9 Å². The number of nitrogens with zero attached hydrogens (tertiary/aromatic N) is 4. The zero-order valence-electron chi connectivity index (χ0n) is 12.6. The van der Waals surface area contributed by atoms with Gasteiger partial charge in [0.25, 0.3) is 0 Å². The largest absolute Gasteiger partial charge is 0.351 e. The predicted molar refractivity (Wildman–Crippen MR) is 82.9 cm³/mol. The van der Waals surface area contributed by atoms with Crippen molar-refractivity contribution in [2.24, 2.45) is 0 Å². The van der Waals surface area contributed by atoms with Crippen molar-refractivity contribution in [2.75, 3.05) is 13.1 Å². The lowest BCUT2D eigenvalue weighted by atomic mass is 10.0. The van der Waals surface area contributed by atoms with Crippen molar-refractivity contribution in [3.8, 4) is 0 Å². The number of rotatable bonds is 5. The molecule has 1 aliphatic heterocycles. The maximum atomic E-state index is 12.1. The number of imidazole rings is 1. The van der Waals surface area contributed by atoms with E-state index in [-0.39, 0.29) is 11.9 Å². The molecule has 6 nitrogen and oxygen atoms in total. The van der Waals surface area contributed by atoms with Gasteiger partial charge >= 0.3 is 0 Å². The second-order valence-electron chi connectivity index (χ2n) is 5.74. The number of pyridine rings is 1. The van der Waals surface area contributed by atoms with Crippen molar-refractivity contribution in [1.82, 2.24) is 24.8 Å². The molecule has 1 aliphatic rings. The van der Waals surface area contributed by atoms with E-state index in [9.17, 15) is 4.79 Å². The van der Waals surface area contributed by atoms with E-state index in [0.29, 0.717) is 6.54 Å². The number of carbonyl (C=O) groups excluding carboxylic acids is 1. The molecule has 116 valence electrons. The van der Waals surface area contributed by atoms with Crippen LogP contribution in [0.15, 0.2) is 43.2 Å². The summed E-state index contributed by atoms with van der Waals surface area (Å²) in [6, 6.07) is 4.28. The number of carbonyl (C=O) groups is 1. The van der Waals surface area contributed by atoms with E-state index in [2.05, 4.69) is 26.3 Å². The molecule has 2 aromatic rings. The highest BCUT2D eigenvalue weighted by molar-refractivity contribution is 5.76. The molecule has 1 amide bonds. The number of aromatic nitrogens is 3. The van der Waals surface area contributed by atoms with Crippen LogP contribution in [0.2, 0.25) is 0 Å². The lowest BCUT2D eigenvalue weighted by molar-refractivity contribution is -0.122. The SMILES string of the molecule is O=C(Cn1ccnc1)N[C@@H]1CCCN(Cc2cccnc2)C1. The maximum absolute atomic E-state index is 12.1. The van der Waals surface area contributed by atoms with E-state index < -0.39 is 0 Å². The van der Waals surface area contributed by atoms with Crippen LogP contribution in [0.4, 0.5) is 0 Å². The van der Waals surface area contributed by atoms with Crippen LogP contribution in [0.25, 0.3) is 0 Å². The van der Waals surface area contributed by atoms with Crippen molar-refractivity contribution in [3.63, 3.8) is 0 Å². The van der Waals surface area contributed by atoms with E-state index >= 15 is 0 Å². The van der Waals surface area contributed by atoms with Crippen LogP contribution in [-0.4, -0.2) is 44.5 Å². The topological polar surface area (TPSA) is 63.1 Å². The first kappa shape index (κ1) is 14.7. The van der Waals surface area contributed by atoms with Gasteiger partial charge < -0.3 is 9.88 Å². The van der Waals surface area contributed by atoms with Gasteiger partial charge in [-0.25, -0.2) is 4.98 Å². The van der Waals surface area contributed by atoms with E-state index in [0.717, 1.165) is 32.5 Å². The van der Waals surface area contributed by atoms with Crippen LogP contribution >= 0.6 is 0 Å². The van der Waals surface area contributed by atoms with Crippen LogP contribution in [0.1, 0.15) is 18.4 Å².